The summed E-state index contributed by atoms with van der Waals surface area (Å²) in [6.45, 7) is 0.246. The Morgan fingerprint density at radius 2 is 1.83 bits per heavy atom. The lowest BCUT2D eigenvalue weighted by Gasteiger charge is -2.09. The molecular formula is C14H16F2O2. The normalized spacial score (nSPS) is 16.1. The van der Waals surface area contributed by atoms with Gasteiger partial charge in [-0.25, -0.2) is 8.78 Å². The quantitative estimate of drug-likeness (QED) is 0.753. The minimum absolute atomic E-state index is 0.256. The molecule has 0 radical (unpaired) electrons. The van der Waals surface area contributed by atoms with Crippen LogP contribution in [0.25, 0.3) is 0 Å². The highest BCUT2D eigenvalue weighted by atomic mass is 19.1. The highest BCUT2D eigenvalue weighted by Gasteiger charge is 2.19. The van der Waals surface area contributed by atoms with Crippen LogP contribution in [0.5, 0.6) is 0 Å². The average Bonchev–Trinajstić information content (AvgIpc) is 2.82. The molecule has 0 unspecified atom stereocenters. The molecule has 1 aromatic rings. The van der Waals surface area contributed by atoms with E-state index in [-0.39, 0.29) is 6.61 Å². The van der Waals surface area contributed by atoms with Crippen molar-refractivity contribution in [1.29, 1.82) is 0 Å². The van der Waals surface area contributed by atoms with E-state index < -0.39 is 23.0 Å². The Bertz CT molecular complexity index is 406. The molecule has 4 heteroatoms. The zero-order chi connectivity index (χ0) is 13.0. The maximum atomic E-state index is 13.3. The third kappa shape index (κ3) is 3.13. The van der Waals surface area contributed by atoms with Crippen molar-refractivity contribution in [3.05, 3.63) is 35.4 Å². The molecule has 1 saturated carbocycles. The molecule has 2 nitrogen and oxygen atoms in total. The molecule has 0 heterocycles. The molecule has 1 aliphatic carbocycles. The minimum Gasteiger partial charge on any atom is -0.373 e. The van der Waals surface area contributed by atoms with Crippen LogP contribution in [0.1, 0.15) is 36.0 Å². The molecular weight excluding hydrogens is 238 g/mol. The van der Waals surface area contributed by atoms with Crippen molar-refractivity contribution in [2.24, 2.45) is 5.92 Å². The van der Waals surface area contributed by atoms with E-state index >= 15 is 0 Å². The molecule has 98 valence electrons. The molecule has 18 heavy (non-hydrogen) atoms. The van der Waals surface area contributed by atoms with Gasteiger partial charge in [-0.2, -0.15) is 0 Å². The van der Waals surface area contributed by atoms with Crippen molar-refractivity contribution >= 4 is 5.78 Å². The van der Waals surface area contributed by atoms with Gasteiger partial charge in [-0.05, 0) is 30.9 Å². The Morgan fingerprint density at radius 3 is 2.44 bits per heavy atom. The molecule has 0 saturated heterocycles. The molecule has 1 aromatic carbocycles. The number of hydrogen-bond acceptors (Lipinski definition) is 2. The molecule has 2 rings (SSSR count). The molecule has 1 aliphatic rings. The van der Waals surface area contributed by atoms with Crippen molar-refractivity contribution < 1.29 is 18.3 Å². The van der Waals surface area contributed by atoms with E-state index in [9.17, 15) is 13.6 Å². The van der Waals surface area contributed by atoms with Gasteiger partial charge >= 0.3 is 0 Å². The smallest absolute Gasteiger partial charge is 0.194 e. The second-order valence-corrected chi connectivity index (χ2v) is 4.69. The van der Waals surface area contributed by atoms with Crippen LogP contribution in [0, 0.1) is 17.6 Å². The summed E-state index contributed by atoms with van der Waals surface area (Å²) >= 11 is 0. The van der Waals surface area contributed by atoms with Gasteiger partial charge in [0.05, 0.1) is 12.2 Å². The van der Waals surface area contributed by atoms with Crippen LogP contribution in [-0.4, -0.2) is 19.0 Å². The Labute approximate surface area is 105 Å². The number of benzene rings is 1. The van der Waals surface area contributed by atoms with E-state index in [0.717, 1.165) is 25.0 Å². The maximum absolute atomic E-state index is 13.3. The molecule has 1 fully saturated rings. The molecule has 0 spiro atoms. The standard InChI is InChI=1S/C14H16F2O2/c15-11-6-3-7-12(16)14(11)13(17)9-18-8-10-4-1-2-5-10/h3,6-7,10H,1-2,4-5,8-9H2. The summed E-state index contributed by atoms with van der Waals surface area (Å²) in [5, 5.41) is 0. The van der Waals surface area contributed by atoms with E-state index in [1.54, 1.807) is 0 Å². The average molecular weight is 254 g/mol. The molecule has 0 aromatic heterocycles. The number of halogens is 2. The summed E-state index contributed by atoms with van der Waals surface area (Å²) in [5.41, 5.74) is -0.496. The summed E-state index contributed by atoms with van der Waals surface area (Å²) in [6, 6.07) is 3.39. The Morgan fingerprint density at radius 1 is 1.22 bits per heavy atom. The summed E-state index contributed by atoms with van der Waals surface area (Å²) in [5.74, 6) is -1.80. The fourth-order valence-electron chi connectivity index (χ4n) is 2.33. The fraction of sp³-hybridized carbons (Fsp3) is 0.500. The van der Waals surface area contributed by atoms with Gasteiger partial charge in [-0.1, -0.05) is 18.9 Å². The third-order valence-electron chi connectivity index (χ3n) is 3.30. The Balaban J connectivity index is 1.87. The van der Waals surface area contributed by atoms with Gasteiger partial charge in [0.2, 0.25) is 0 Å². The summed E-state index contributed by atoms with van der Waals surface area (Å²) in [4.78, 5) is 11.7. The predicted octanol–water partition coefficient (Wildman–Crippen LogP) is 3.35. The predicted molar refractivity (Wildman–Crippen MR) is 63.5 cm³/mol. The van der Waals surface area contributed by atoms with Crippen molar-refractivity contribution in [2.45, 2.75) is 25.7 Å². The van der Waals surface area contributed by atoms with Crippen molar-refractivity contribution in [3.63, 3.8) is 0 Å². The summed E-state index contributed by atoms with van der Waals surface area (Å²) in [7, 11) is 0. The number of carbonyl (C=O) groups excluding carboxylic acids is 1. The highest BCUT2D eigenvalue weighted by molar-refractivity contribution is 5.97. The van der Waals surface area contributed by atoms with Crippen LogP contribution in [0.2, 0.25) is 0 Å². The lowest BCUT2D eigenvalue weighted by molar-refractivity contribution is 0.0673. The van der Waals surface area contributed by atoms with E-state index in [0.29, 0.717) is 12.5 Å². The van der Waals surface area contributed by atoms with Crippen LogP contribution in [-0.2, 0) is 4.74 Å². The Hall–Kier alpha value is -1.29. The summed E-state index contributed by atoms with van der Waals surface area (Å²) < 4.78 is 31.9. The van der Waals surface area contributed by atoms with Gasteiger partial charge in [0.1, 0.15) is 18.2 Å². The van der Waals surface area contributed by atoms with Crippen LogP contribution in [0.4, 0.5) is 8.78 Å². The number of ether oxygens (including phenoxy) is 1. The zero-order valence-corrected chi connectivity index (χ0v) is 10.1. The van der Waals surface area contributed by atoms with Gasteiger partial charge in [0, 0.05) is 0 Å². The number of ketones is 1. The van der Waals surface area contributed by atoms with Gasteiger partial charge in [-0.3, -0.25) is 4.79 Å². The first kappa shape index (κ1) is 13.1. The highest BCUT2D eigenvalue weighted by Crippen LogP contribution is 2.24. The van der Waals surface area contributed by atoms with Gasteiger partial charge < -0.3 is 4.74 Å². The van der Waals surface area contributed by atoms with E-state index in [4.69, 9.17) is 4.74 Å². The minimum atomic E-state index is -0.829. The molecule has 0 atom stereocenters. The molecule has 0 N–H and O–H groups in total. The molecule has 0 bridgehead atoms. The first-order valence-electron chi connectivity index (χ1n) is 6.23. The first-order valence-corrected chi connectivity index (χ1v) is 6.23. The monoisotopic (exact) mass is 254 g/mol. The van der Waals surface area contributed by atoms with Crippen LogP contribution >= 0.6 is 0 Å². The third-order valence-corrected chi connectivity index (χ3v) is 3.30. The van der Waals surface area contributed by atoms with E-state index in [1.807, 2.05) is 0 Å². The SMILES string of the molecule is O=C(COCC1CCCC1)c1c(F)cccc1F. The largest absolute Gasteiger partial charge is 0.373 e. The second-order valence-electron chi connectivity index (χ2n) is 4.69. The maximum Gasteiger partial charge on any atom is 0.194 e. The van der Waals surface area contributed by atoms with Gasteiger partial charge in [0.25, 0.3) is 0 Å². The lowest BCUT2D eigenvalue weighted by Crippen LogP contribution is -2.16. The zero-order valence-electron chi connectivity index (χ0n) is 10.1. The van der Waals surface area contributed by atoms with Crippen molar-refractivity contribution in [1.82, 2.24) is 0 Å². The van der Waals surface area contributed by atoms with Gasteiger partial charge in [0.15, 0.2) is 5.78 Å². The van der Waals surface area contributed by atoms with E-state index in [2.05, 4.69) is 0 Å². The summed E-state index contributed by atoms with van der Waals surface area (Å²) in [6.07, 6.45) is 4.62. The van der Waals surface area contributed by atoms with Crippen molar-refractivity contribution in [2.75, 3.05) is 13.2 Å². The van der Waals surface area contributed by atoms with Gasteiger partial charge in [-0.15, -0.1) is 0 Å². The lowest BCUT2D eigenvalue weighted by atomic mass is 10.1. The van der Waals surface area contributed by atoms with Crippen molar-refractivity contribution in [3.8, 4) is 0 Å². The van der Waals surface area contributed by atoms with Crippen LogP contribution < -0.4 is 0 Å². The number of rotatable bonds is 5. The molecule has 0 aliphatic heterocycles. The number of carbonyl (C=O) groups is 1. The van der Waals surface area contributed by atoms with Crippen LogP contribution in [0.15, 0.2) is 18.2 Å². The Kier molecular flexibility index (Phi) is 4.42. The first-order chi connectivity index (χ1) is 8.68. The topological polar surface area (TPSA) is 26.3 Å². The fourth-order valence-corrected chi connectivity index (χ4v) is 2.33. The molecule has 0 amide bonds. The van der Waals surface area contributed by atoms with Crippen LogP contribution in [0.3, 0.4) is 0 Å². The number of Topliss-reactive ketones (excluding diaryl/α,β-unsaturated/α-hetero) is 1. The number of hydrogen-bond donors (Lipinski definition) is 0. The van der Waals surface area contributed by atoms with E-state index in [1.165, 1.54) is 18.9 Å². The second kappa shape index (κ2) is 6.05.